The lowest BCUT2D eigenvalue weighted by Crippen LogP contribution is -2.49. The van der Waals surface area contributed by atoms with Crippen molar-refractivity contribution in [3.05, 3.63) is 54.6 Å². The number of ether oxygens (including phenoxy) is 1. The zero-order valence-corrected chi connectivity index (χ0v) is 16.6. The molecule has 1 heterocycles. The number of para-hydroxylation sites is 3. The molecule has 2 aromatic rings. The van der Waals surface area contributed by atoms with Crippen LogP contribution in [0.15, 0.2) is 54.6 Å². The van der Waals surface area contributed by atoms with Crippen molar-refractivity contribution < 1.29 is 19.4 Å². The molecule has 1 aliphatic heterocycles. The summed E-state index contributed by atoms with van der Waals surface area (Å²) >= 11 is 0. The van der Waals surface area contributed by atoms with Crippen LogP contribution in [0.25, 0.3) is 0 Å². The van der Waals surface area contributed by atoms with E-state index in [-0.39, 0.29) is 12.3 Å². The number of carbonyl (C=O) groups excluding carboxylic acids is 1. The highest BCUT2D eigenvalue weighted by Gasteiger charge is 2.27. The van der Waals surface area contributed by atoms with Crippen molar-refractivity contribution in [2.45, 2.75) is 6.42 Å². The van der Waals surface area contributed by atoms with Gasteiger partial charge in [0.2, 0.25) is 5.91 Å². The first kappa shape index (κ1) is 20.7. The van der Waals surface area contributed by atoms with Crippen molar-refractivity contribution in [1.82, 2.24) is 4.90 Å². The molecule has 29 heavy (non-hydrogen) atoms. The van der Waals surface area contributed by atoms with Crippen LogP contribution in [-0.4, -0.2) is 61.7 Å². The van der Waals surface area contributed by atoms with Crippen LogP contribution in [0.4, 0.5) is 11.4 Å². The second-order valence-electron chi connectivity index (χ2n) is 7.11. The summed E-state index contributed by atoms with van der Waals surface area (Å²) in [5.74, 6) is -1.13. The minimum absolute atomic E-state index is 0.0447. The molecular formula is C22H27N3O4. The Bertz CT molecular complexity index is 820. The van der Waals surface area contributed by atoms with Gasteiger partial charge in [0.25, 0.3) is 0 Å². The molecule has 1 saturated heterocycles. The van der Waals surface area contributed by atoms with Crippen molar-refractivity contribution in [3.8, 4) is 5.75 Å². The molecule has 7 heteroatoms. The summed E-state index contributed by atoms with van der Waals surface area (Å²) in [7, 11) is 1.66. The number of carboxylic acid groups (broad SMARTS) is 1. The molecule has 1 fully saturated rings. The van der Waals surface area contributed by atoms with E-state index in [0.717, 1.165) is 37.6 Å². The number of rotatable bonds is 8. The van der Waals surface area contributed by atoms with E-state index >= 15 is 0 Å². The molecule has 0 saturated carbocycles. The first-order valence-corrected chi connectivity index (χ1v) is 9.75. The molecule has 0 aliphatic carbocycles. The van der Waals surface area contributed by atoms with Gasteiger partial charge in [-0.25, -0.2) is 0 Å². The Morgan fingerprint density at radius 1 is 1.03 bits per heavy atom. The summed E-state index contributed by atoms with van der Waals surface area (Å²) in [4.78, 5) is 28.3. The largest absolute Gasteiger partial charge is 0.495 e. The third kappa shape index (κ3) is 5.71. The maximum absolute atomic E-state index is 12.3. The minimum Gasteiger partial charge on any atom is -0.495 e. The summed E-state index contributed by atoms with van der Waals surface area (Å²) in [6.45, 7) is 3.40. The Morgan fingerprint density at radius 2 is 1.69 bits per heavy atom. The van der Waals surface area contributed by atoms with Gasteiger partial charge in [0, 0.05) is 44.8 Å². The number of methoxy groups -OCH3 is 1. The number of hydrogen-bond acceptors (Lipinski definition) is 5. The van der Waals surface area contributed by atoms with Crippen LogP contribution >= 0.6 is 0 Å². The Labute approximate surface area is 170 Å². The van der Waals surface area contributed by atoms with Crippen LogP contribution in [0.3, 0.4) is 0 Å². The second kappa shape index (κ2) is 9.93. The molecule has 0 spiro atoms. The normalized spacial score (nSPS) is 15.6. The van der Waals surface area contributed by atoms with Crippen LogP contribution in [0.5, 0.6) is 5.75 Å². The third-order valence-electron chi connectivity index (χ3n) is 5.12. The molecule has 0 aromatic heterocycles. The highest BCUT2D eigenvalue weighted by atomic mass is 16.5. The number of nitrogens with one attached hydrogen (secondary N) is 1. The van der Waals surface area contributed by atoms with Gasteiger partial charge in [0.1, 0.15) is 5.75 Å². The second-order valence-corrected chi connectivity index (χ2v) is 7.11. The maximum Gasteiger partial charge on any atom is 0.308 e. The van der Waals surface area contributed by atoms with Gasteiger partial charge in [-0.3, -0.25) is 14.5 Å². The standard InChI is InChI=1S/C22H27N3O4/c1-29-20-10-6-5-9-19(20)25-13-11-24(12-14-25)16-17(22(27)28)15-21(26)23-18-7-3-2-4-8-18/h2-10,17H,11-16H2,1H3,(H,23,26)(H,27,28)/t17-/m1/s1. The average Bonchev–Trinajstić information content (AvgIpc) is 2.74. The van der Waals surface area contributed by atoms with Crippen molar-refractivity contribution in [2.24, 2.45) is 5.92 Å². The molecule has 0 unspecified atom stereocenters. The molecule has 154 valence electrons. The van der Waals surface area contributed by atoms with Gasteiger partial charge in [-0.2, -0.15) is 0 Å². The highest BCUT2D eigenvalue weighted by Crippen LogP contribution is 2.28. The van der Waals surface area contributed by atoms with Gasteiger partial charge in [-0.15, -0.1) is 0 Å². The predicted octanol–water partition coefficient (Wildman–Crippen LogP) is 2.55. The number of anilines is 2. The van der Waals surface area contributed by atoms with Crippen LogP contribution < -0.4 is 15.0 Å². The Kier molecular flexibility index (Phi) is 7.08. The molecule has 0 bridgehead atoms. The fourth-order valence-electron chi connectivity index (χ4n) is 3.56. The van der Waals surface area contributed by atoms with Crippen molar-refractivity contribution in [3.63, 3.8) is 0 Å². The molecular weight excluding hydrogens is 370 g/mol. The van der Waals surface area contributed by atoms with Crippen LogP contribution in [0.2, 0.25) is 0 Å². The molecule has 1 aliphatic rings. The Balaban J connectivity index is 1.53. The molecule has 2 N–H and O–H groups in total. The number of carboxylic acids is 1. The Hall–Kier alpha value is -3.06. The SMILES string of the molecule is COc1ccccc1N1CCN(C[C@@H](CC(=O)Nc2ccccc2)C(=O)O)CC1. The Morgan fingerprint density at radius 3 is 2.34 bits per heavy atom. The lowest BCUT2D eigenvalue weighted by molar-refractivity contribution is -0.144. The molecule has 1 amide bonds. The van der Waals surface area contributed by atoms with Gasteiger partial charge in [-0.05, 0) is 24.3 Å². The first-order valence-electron chi connectivity index (χ1n) is 9.75. The van der Waals surface area contributed by atoms with Gasteiger partial charge in [0.15, 0.2) is 0 Å². The minimum atomic E-state index is -0.944. The number of nitrogens with zero attached hydrogens (tertiary/aromatic N) is 2. The van der Waals surface area contributed by atoms with E-state index in [4.69, 9.17) is 4.74 Å². The van der Waals surface area contributed by atoms with E-state index in [1.54, 1.807) is 19.2 Å². The smallest absolute Gasteiger partial charge is 0.308 e. The zero-order valence-electron chi connectivity index (χ0n) is 16.6. The van der Waals surface area contributed by atoms with Crippen LogP contribution in [0.1, 0.15) is 6.42 Å². The monoisotopic (exact) mass is 397 g/mol. The summed E-state index contributed by atoms with van der Waals surface area (Å²) in [5.41, 5.74) is 1.72. The van der Waals surface area contributed by atoms with Gasteiger partial charge in [-0.1, -0.05) is 30.3 Å². The lowest BCUT2D eigenvalue weighted by Gasteiger charge is -2.37. The predicted molar refractivity (Wildman–Crippen MR) is 112 cm³/mol. The summed E-state index contributed by atoms with van der Waals surface area (Å²) < 4.78 is 5.44. The number of hydrogen-bond donors (Lipinski definition) is 2. The number of benzene rings is 2. The molecule has 1 atom stereocenters. The lowest BCUT2D eigenvalue weighted by atomic mass is 10.0. The van der Waals surface area contributed by atoms with E-state index in [1.165, 1.54) is 0 Å². The van der Waals surface area contributed by atoms with Crippen LogP contribution in [0, 0.1) is 5.92 Å². The first-order chi connectivity index (χ1) is 14.1. The van der Waals surface area contributed by atoms with Gasteiger partial charge in [0.05, 0.1) is 18.7 Å². The fraction of sp³-hybridized carbons (Fsp3) is 0.364. The van der Waals surface area contributed by atoms with E-state index < -0.39 is 11.9 Å². The summed E-state index contributed by atoms with van der Waals surface area (Å²) in [6.07, 6.45) is -0.0447. The number of amides is 1. The summed E-state index contributed by atoms with van der Waals surface area (Å²) in [5, 5.41) is 12.3. The van der Waals surface area contributed by atoms with E-state index in [0.29, 0.717) is 12.2 Å². The van der Waals surface area contributed by atoms with Gasteiger partial charge >= 0.3 is 5.97 Å². The number of aliphatic carboxylic acids is 1. The maximum atomic E-state index is 12.3. The fourth-order valence-corrected chi connectivity index (χ4v) is 3.56. The topological polar surface area (TPSA) is 82.1 Å². The third-order valence-corrected chi connectivity index (χ3v) is 5.12. The van der Waals surface area contributed by atoms with E-state index in [1.807, 2.05) is 42.5 Å². The van der Waals surface area contributed by atoms with E-state index in [9.17, 15) is 14.7 Å². The average molecular weight is 397 g/mol. The summed E-state index contributed by atoms with van der Waals surface area (Å²) in [6, 6.07) is 17.0. The van der Waals surface area contributed by atoms with Crippen LogP contribution in [-0.2, 0) is 9.59 Å². The molecule has 2 aromatic carbocycles. The quantitative estimate of drug-likeness (QED) is 0.712. The number of carbonyl (C=O) groups is 2. The number of piperazine rings is 1. The van der Waals surface area contributed by atoms with E-state index in [2.05, 4.69) is 15.1 Å². The van der Waals surface area contributed by atoms with Crippen molar-refractivity contribution in [2.75, 3.05) is 50.1 Å². The molecule has 3 rings (SSSR count). The van der Waals surface area contributed by atoms with Crippen molar-refractivity contribution in [1.29, 1.82) is 0 Å². The highest BCUT2D eigenvalue weighted by molar-refractivity contribution is 5.93. The molecule has 0 radical (unpaired) electrons. The zero-order chi connectivity index (χ0) is 20.6. The van der Waals surface area contributed by atoms with Gasteiger partial charge < -0.3 is 20.1 Å². The van der Waals surface area contributed by atoms with Crippen molar-refractivity contribution >= 4 is 23.3 Å². The molecule has 7 nitrogen and oxygen atoms in total.